The second-order valence-corrected chi connectivity index (χ2v) is 5.29. The van der Waals surface area contributed by atoms with E-state index >= 15 is 0 Å². The van der Waals surface area contributed by atoms with Crippen molar-refractivity contribution in [1.29, 1.82) is 0 Å². The molecule has 0 atom stereocenters. The summed E-state index contributed by atoms with van der Waals surface area (Å²) < 4.78 is 23.1. The first-order valence-electron chi connectivity index (χ1n) is 3.92. The van der Waals surface area contributed by atoms with Gasteiger partial charge in [-0.3, -0.25) is 4.79 Å². The first-order valence-corrected chi connectivity index (χ1v) is 6.69. The lowest BCUT2D eigenvalue weighted by Gasteiger charge is -2.01. The van der Waals surface area contributed by atoms with Crippen LogP contribution in [0.4, 0.5) is 0 Å². The van der Waals surface area contributed by atoms with Gasteiger partial charge in [-0.25, -0.2) is 8.42 Å². The van der Waals surface area contributed by atoms with Crippen molar-refractivity contribution in [1.82, 2.24) is 0 Å². The largest absolute Gasteiger partial charge is 0.298 e. The second kappa shape index (κ2) is 4.70. The van der Waals surface area contributed by atoms with Gasteiger partial charge in [-0.1, -0.05) is 34.1 Å². The molecule has 0 aromatic heterocycles. The third-order valence-corrected chi connectivity index (χ3v) is 3.92. The van der Waals surface area contributed by atoms with Gasteiger partial charge in [-0.2, -0.15) is 0 Å². The summed E-state index contributed by atoms with van der Waals surface area (Å²) in [7, 11) is -3.45. The summed E-state index contributed by atoms with van der Waals surface area (Å²) in [5.74, 6) is -0.781. The van der Waals surface area contributed by atoms with E-state index in [1.165, 1.54) is 12.1 Å². The van der Waals surface area contributed by atoms with Gasteiger partial charge >= 0.3 is 0 Å². The van der Waals surface area contributed by atoms with Gasteiger partial charge in [0.15, 0.2) is 15.6 Å². The molecule has 0 radical (unpaired) electrons. The number of hydrogen-bond acceptors (Lipinski definition) is 3. The van der Waals surface area contributed by atoms with Crippen LogP contribution in [0.2, 0.25) is 0 Å². The highest BCUT2D eigenvalue weighted by Gasteiger charge is 2.17. The molecule has 0 unspecified atom stereocenters. The molecule has 0 aliphatic carbocycles. The molecule has 0 aliphatic rings. The number of ketones is 1. The maximum Gasteiger partial charge on any atom is 0.185 e. The summed E-state index contributed by atoms with van der Waals surface area (Å²) in [6, 6.07) is 7.95. The smallest absolute Gasteiger partial charge is 0.185 e. The van der Waals surface area contributed by atoms with Gasteiger partial charge in [0.1, 0.15) is 5.75 Å². The predicted octanol–water partition coefficient (Wildman–Crippen LogP) is 1.42. The number of carbonyl (C=O) groups is 1. The van der Waals surface area contributed by atoms with Gasteiger partial charge in [-0.15, -0.1) is 0 Å². The highest BCUT2D eigenvalue weighted by molar-refractivity contribution is 9.09. The van der Waals surface area contributed by atoms with Gasteiger partial charge < -0.3 is 0 Å². The predicted molar refractivity (Wildman–Crippen MR) is 57.3 cm³/mol. The lowest BCUT2D eigenvalue weighted by molar-refractivity contribution is -0.114. The van der Waals surface area contributed by atoms with Gasteiger partial charge in [0.2, 0.25) is 0 Å². The first-order chi connectivity index (χ1) is 6.56. The fraction of sp³-hybridized carbons (Fsp3) is 0.222. The van der Waals surface area contributed by atoms with Crippen molar-refractivity contribution in [3.05, 3.63) is 30.3 Å². The average molecular weight is 277 g/mol. The van der Waals surface area contributed by atoms with Gasteiger partial charge in [0.25, 0.3) is 0 Å². The van der Waals surface area contributed by atoms with Crippen LogP contribution in [-0.4, -0.2) is 25.3 Å². The molecule has 0 amide bonds. The third kappa shape index (κ3) is 2.92. The SMILES string of the molecule is O=C(CBr)CS(=O)(=O)c1ccccc1. The van der Waals surface area contributed by atoms with Crippen molar-refractivity contribution in [3.8, 4) is 0 Å². The van der Waals surface area contributed by atoms with E-state index in [9.17, 15) is 13.2 Å². The van der Waals surface area contributed by atoms with Crippen LogP contribution in [0.15, 0.2) is 35.2 Å². The monoisotopic (exact) mass is 276 g/mol. The summed E-state index contributed by atoms with van der Waals surface area (Å²) in [6.07, 6.45) is 0. The van der Waals surface area contributed by atoms with Crippen molar-refractivity contribution in [2.24, 2.45) is 0 Å². The van der Waals surface area contributed by atoms with Gasteiger partial charge in [0.05, 0.1) is 10.2 Å². The molecule has 0 bridgehead atoms. The molecule has 76 valence electrons. The van der Waals surface area contributed by atoms with Crippen molar-refractivity contribution in [2.75, 3.05) is 11.1 Å². The number of rotatable bonds is 4. The van der Waals surface area contributed by atoms with Crippen LogP contribution in [-0.2, 0) is 14.6 Å². The Morgan fingerprint density at radius 3 is 2.29 bits per heavy atom. The van der Waals surface area contributed by atoms with Crippen molar-refractivity contribution < 1.29 is 13.2 Å². The summed E-state index contributed by atoms with van der Waals surface area (Å²) >= 11 is 2.93. The van der Waals surface area contributed by atoms with Gasteiger partial charge in [0, 0.05) is 0 Å². The Balaban J connectivity index is 2.93. The number of benzene rings is 1. The van der Waals surface area contributed by atoms with Crippen molar-refractivity contribution in [2.45, 2.75) is 4.90 Å². The Bertz CT molecular complexity index is 411. The Morgan fingerprint density at radius 1 is 1.21 bits per heavy atom. The fourth-order valence-electron chi connectivity index (χ4n) is 0.962. The lowest BCUT2D eigenvalue weighted by Crippen LogP contribution is -2.16. The minimum Gasteiger partial charge on any atom is -0.298 e. The zero-order valence-electron chi connectivity index (χ0n) is 7.31. The minimum absolute atomic E-state index is 0.0685. The number of Topliss-reactive ketones (excluding diaryl/α,β-unsaturated/α-hetero) is 1. The number of alkyl halides is 1. The van der Waals surface area contributed by atoms with Crippen LogP contribution in [0.25, 0.3) is 0 Å². The van der Waals surface area contributed by atoms with E-state index in [-0.39, 0.29) is 16.0 Å². The molecule has 5 heteroatoms. The molecule has 3 nitrogen and oxygen atoms in total. The highest BCUT2D eigenvalue weighted by Crippen LogP contribution is 2.10. The van der Waals surface area contributed by atoms with Crippen LogP contribution >= 0.6 is 15.9 Å². The van der Waals surface area contributed by atoms with Gasteiger partial charge in [-0.05, 0) is 12.1 Å². The Hall–Kier alpha value is -0.680. The molecule has 0 aliphatic heterocycles. The summed E-state index contributed by atoms with van der Waals surface area (Å²) in [5, 5.41) is 0.0685. The first kappa shape index (κ1) is 11.4. The zero-order chi connectivity index (χ0) is 10.6. The lowest BCUT2D eigenvalue weighted by atomic mass is 10.4. The van der Waals surface area contributed by atoms with Crippen LogP contribution in [0.3, 0.4) is 0 Å². The molecular weight excluding hydrogens is 268 g/mol. The van der Waals surface area contributed by atoms with E-state index in [4.69, 9.17) is 0 Å². The topological polar surface area (TPSA) is 51.2 Å². The Kier molecular flexibility index (Phi) is 3.83. The molecule has 1 aromatic rings. The third-order valence-electron chi connectivity index (χ3n) is 1.60. The molecule has 14 heavy (non-hydrogen) atoms. The maximum atomic E-state index is 11.6. The molecule has 0 fully saturated rings. The highest BCUT2D eigenvalue weighted by atomic mass is 79.9. The summed E-state index contributed by atoms with van der Waals surface area (Å²) in [6.45, 7) is 0. The molecular formula is C9H9BrO3S. The molecule has 1 aromatic carbocycles. The van der Waals surface area contributed by atoms with E-state index in [1.54, 1.807) is 18.2 Å². The second-order valence-electron chi connectivity index (χ2n) is 2.74. The molecule has 0 heterocycles. The van der Waals surface area contributed by atoms with Crippen LogP contribution in [0.1, 0.15) is 0 Å². The van der Waals surface area contributed by atoms with Crippen LogP contribution in [0, 0.1) is 0 Å². The number of halogens is 1. The Morgan fingerprint density at radius 2 is 1.79 bits per heavy atom. The fourth-order valence-corrected chi connectivity index (χ4v) is 2.69. The van der Waals surface area contributed by atoms with E-state index in [1.807, 2.05) is 0 Å². The van der Waals surface area contributed by atoms with E-state index in [0.717, 1.165) is 0 Å². The van der Waals surface area contributed by atoms with Crippen molar-refractivity contribution >= 4 is 31.6 Å². The molecule has 0 N–H and O–H groups in total. The van der Waals surface area contributed by atoms with Crippen LogP contribution < -0.4 is 0 Å². The standard InChI is InChI=1S/C9H9BrO3S/c10-6-8(11)7-14(12,13)9-4-2-1-3-5-9/h1-5H,6-7H2. The normalized spacial score (nSPS) is 11.2. The van der Waals surface area contributed by atoms with E-state index in [0.29, 0.717) is 0 Å². The van der Waals surface area contributed by atoms with E-state index < -0.39 is 15.6 Å². The van der Waals surface area contributed by atoms with Crippen molar-refractivity contribution in [3.63, 3.8) is 0 Å². The molecule has 0 spiro atoms. The minimum atomic E-state index is -3.45. The molecule has 1 rings (SSSR count). The molecule has 0 saturated heterocycles. The zero-order valence-corrected chi connectivity index (χ0v) is 9.71. The number of carbonyl (C=O) groups excluding carboxylic acids is 1. The number of sulfone groups is 1. The Labute approximate surface area is 91.2 Å². The average Bonchev–Trinajstić information content (AvgIpc) is 2.18. The molecule has 0 saturated carbocycles. The number of hydrogen-bond donors (Lipinski definition) is 0. The maximum absolute atomic E-state index is 11.6. The van der Waals surface area contributed by atoms with E-state index in [2.05, 4.69) is 15.9 Å². The summed E-state index contributed by atoms with van der Waals surface area (Å²) in [5.41, 5.74) is 0. The summed E-state index contributed by atoms with van der Waals surface area (Å²) in [4.78, 5) is 11.2. The quantitative estimate of drug-likeness (QED) is 0.782. The van der Waals surface area contributed by atoms with Crippen LogP contribution in [0.5, 0.6) is 0 Å².